The van der Waals surface area contributed by atoms with E-state index < -0.39 is 5.91 Å². The number of amides is 2. The smallest absolute Gasteiger partial charge is 0.258 e. The maximum absolute atomic E-state index is 13.2. The first-order chi connectivity index (χ1) is 12.5. The Balaban J connectivity index is 1.68. The van der Waals surface area contributed by atoms with E-state index in [1.807, 2.05) is 30.0 Å². The zero-order valence-corrected chi connectivity index (χ0v) is 15.1. The number of hydrogen-bond donors (Lipinski definition) is 1. The number of thiophene rings is 1. The zero-order chi connectivity index (χ0) is 18.3. The molecule has 1 fully saturated rings. The molecular formula is C19H18N4O2S. The number of aryl methyl sites for hydroxylation is 1. The molecule has 1 atom stereocenters. The van der Waals surface area contributed by atoms with Crippen molar-refractivity contribution in [3.63, 3.8) is 0 Å². The highest BCUT2D eigenvalue weighted by atomic mass is 32.1. The Morgan fingerprint density at radius 3 is 2.92 bits per heavy atom. The summed E-state index contributed by atoms with van der Waals surface area (Å²) in [4.78, 5) is 36.6. The molecule has 132 valence electrons. The number of aromatic nitrogens is 2. The van der Waals surface area contributed by atoms with Crippen LogP contribution in [0.3, 0.4) is 0 Å². The number of fused-ring (bicyclic) bond motifs is 1. The van der Waals surface area contributed by atoms with Crippen molar-refractivity contribution in [1.29, 1.82) is 0 Å². The third kappa shape index (κ3) is 2.84. The van der Waals surface area contributed by atoms with Crippen LogP contribution in [-0.2, 0) is 0 Å². The summed E-state index contributed by atoms with van der Waals surface area (Å²) in [5.41, 5.74) is 7.50. The van der Waals surface area contributed by atoms with E-state index in [2.05, 4.69) is 9.97 Å². The topological polar surface area (TPSA) is 89.2 Å². The molecule has 0 aromatic carbocycles. The lowest BCUT2D eigenvalue weighted by Gasteiger charge is -2.24. The normalized spacial score (nSPS) is 17.0. The maximum Gasteiger partial charge on any atom is 0.258 e. The van der Waals surface area contributed by atoms with E-state index in [0.717, 1.165) is 28.6 Å². The van der Waals surface area contributed by atoms with Crippen LogP contribution < -0.4 is 5.73 Å². The van der Waals surface area contributed by atoms with Crippen LogP contribution in [0.2, 0.25) is 0 Å². The van der Waals surface area contributed by atoms with Crippen molar-refractivity contribution in [2.24, 2.45) is 5.73 Å². The van der Waals surface area contributed by atoms with Gasteiger partial charge in [0, 0.05) is 29.2 Å². The predicted molar refractivity (Wildman–Crippen MR) is 100 cm³/mol. The van der Waals surface area contributed by atoms with E-state index in [1.165, 1.54) is 11.3 Å². The van der Waals surface area contributed by atoms with Crippen LogP contribution in [0, 0.1) is 6.92 Å². The molecule has 7 heteroatoms. The molecule has 1 aliphatic rings. The van der Waals surface area contributed by atoms with Gasteiger partial charge in [-0.05, 0) is 44.0 Å². The van der Waals surface area contributed by atoms with Gasteiger partial charge in [0.25, 0.3) is 11.8 Å². The van der Waals surface area contributed by atoms with Crippen LogP contribution in [0.5, 0.6) is 0 Å². The van der Waals surface area contributed by atoms with E-state index in [-0.39, 0.29) is 11.9 Å². The standard InChI is InChI=1S/C19H18N4O2S/c1-11-13(9-12-10-21-7-6-14(12)22-11)19(25)23-8-2-3-15(23)16-4-5-17(26-16)18(20)24/h4-7,9-10,15H,2-3,8H2,1H3,(H2,20,24). The number of nitrogens with zero attached hydrogens (tertiary/aromatic N) is 3. The fraction of sp³-hybridized carbons (Fsp3) is 0.263. The number of hydrogen-bond acceptors (Lipinski definition) is 5. The van der Waals surface area contributed by atoms with Gasteiger partial charge in [0.1, 0.15) is 0 Å². The van der Waals surface area contributed by atoms with E-state index in [4.69, 9.17) is 5.73 Å². The summed E-state index contributed by atoms with van der Waals surface area (Å²) in [5.74, 6) is -0.462. The molecule has 1 aliphatic heterocycles. The van der Waals surface area contributed by atoms with Gasteiger partial charge in [0.05, 0.1) is 27.7 Å². The van der Waals surface area contributed by atoms with Crippen LogP contribution in [0.4, 0.5) is 0 Å². The molecular weight excluding hydrogens is 348 g/mol. The average molecular weight is 366 g/mol. The van der Waals surface area contributed by atoms with Gasteiger partial charge >= 0.3 is 0 Å². The number of nitrogens with two attached hydrogens (primary N) is 1. The van der Waals surface area contributed by atoms with Gasteiger partial charge in [0.2, 0.25) is 0 Å². The van der Waals surface area contributed by atoms with Crippen molar-refractivity contribution in [3.8, 4) is 0 Å². The highest BCUT2D eigenvalue weighted by molar-refractivity contribution is 7.14. The molecule has 0 saturated carbocycles. The molecule has 0 radical (unpaired) electrons. The van der Waals surface area contributed by atoms with E-state index >= 15 is 0 Å². The Morgan fingerprint density at radius 1 is 1.31 bits per heavy atom. The third-order valence-corrected chi connectivity index (χ3v) is 5.95. The van der Waals surface area contributed by atoms with Gasteiger partial charge < -0.3 is 10.6 Å². The highest BCUT2D eigenvalue weighted by Gasteiger charge is 2.32. The quantitative estimate of drug-likeness (QED) is 0.771. The molecule has 3 aromatic heterocycles. The molecule has 0 aliphatic carbocycles. The summed E-state index contributed by atoms with van der Waals surface area (Å²) in [6.07, 6.45) is 5.23. The van der Waals surface area contributed by atoms with Crippen molar-refractivity contribution in [2.45, 2.75) is 25.8 Å². The van der Waals surface area contributed by atoms with Gasteiger partial charge in [-0.1, -0.05) is 0 Å². The number of carbonyl (C=O) groups is 2. The fourth-order valence-electron chi connectivity index (χ4n) is 3.45. The van der Waals surface area contributed by atoms with Gasteiger partial charge in [-0.2, -0.15) is 0 Å². The molecule has 4 rings (SSSR count). The average Bonchev–Trinajstić information content (AvgIpc) is 3.29. The lowest BCUT2D eigenvalue weighted by atomic mass is 10.1. The summed E-state index contributed by atoms with van der Waals surface area (Å²) < 4.78 is 0. The minimum atomic E-state index is -0.431. The van der Waals surface area contributed by atoms with Crippen molar-refractivity contribution in [3.05, 3.63) is 57.7 Å². The van der Waals surface area contributed by atoms with Crippen LogP contribution in [0.25, 0.3) is 10.9 Å². The molecule has 2 amide bonds. The molecule has 3 aromatic rings. The SMILES string of the molecule is Cc1nc2ccncc2cc1C(=O)N1CCCC1c1ccc(C(N)=O)s1. The number of primary amides is 1. The molecule has 26 heavy (non-hydrogen) atoms. The van der Waals surface area contributed by atoms with Gasteiger partial charge in [-0.25, -0.2) is 0 Å². The number of likely N-dealkylation sites (tertiary alicyclic amines) is 1. The van der Waals surface area contributed by atoms with Gasteiger partial charge in [-0.3, -0.25) is 19.6 Å². The summed E-state index contributed by atoms with van der Waals surface area (Å²) in [7, 11) is 0. The van der Waals surface area contributed by atoms with E-state index in [0.29, 0.717) is 22.7 Å². The number of pyridine rings is 2. The summed E-state index contributed by atoms with van der Waals surface area (Å²) in [6.45, 7) is 2.55. The van der Waals surface area contributed by atoms with Crippen molar-refractivity contribution >= 4 is 34.1 Å². The first-order valence-electron chi connectivity index (χ1n) is 8.46. The molecule has 2 N–H and O–H groups in total. The monoisotopic (exact) mass is 366 g/mol. The molecule has 1 saturated heterocycles. The van der Waals surface area contributed by atoms with Crippen molar-refractivity contribution in [2.75, 3.05) is 6.54 Å². The second-order valence-corrected chi connectivity index (χ2v) is 7.53. The molecule has 1 unspecified atom stereocenters. The summed E-state index contributed by atoms with van der Waals surface area (Å²) >= 11 is 1.37. The van der Waals surface area contributed by atoms with Gasteiger partial charge in [0.15, 0.2) is 0 Å². The Hall–Kier alpha value is -2.80. The molecule has 6 nitrogen and oxygen atoms in total. The minimum absolute atomic E-state index is 0.0235. The molecule has 0 spiro atoms. The summed E-state index contributed by atoms with van der Waals surface area (Å²) in [6, 6.07) is 7.32. The van der Waals surface area contributed by atoms with E-state index in [1.54, 1.807) is 18.5 Å². The van der Waals surface area contributed by atoms with Crippen LogP contribution in [-0.4, -0.2) is 33.2 Å². The molecule has 0 bridgehead atoms. The lowest BCUT2D eigenvalue weighted by molar-refractivity contribution is 0.0736. The van der Waals surface area contributed by atoms with Crippen LogP contribution in [0.15, 0.2) is 36.7 Å². The highest BCUT2D eigenvalue weighted by Crippen LogP contribution is 2.37. The van der Waals surface area contributed by atoms with Crippen LogP contribution >= 0.6 is 11.3 Å². The maximum atomic E-state index is 13.2. The first kappa shape index (κ1) is 16.7. The Labute approximate surface area is 154 Å². The fourth-order valence-corrected chi connectivity index (χ4v) is 4.46. The van der Waals surface area contributed by atoms with Crippen LogP contribution in [0.1, 0.15) is 49.5 Å². The number of rotatable bonds is 3. The Morgan fingerprint density at radius 2 is 2.15 bits per heavy atom. The second-order valence-electron chi connectivity index (χ2n) is 6.41. The second kappa shape index (κ2) is 6.49. The zero-order valence-electron chi connectivity index (χ0n) is 14.3. The Kier molecular flexibility index (Phi) is 4.16. The number of carbonyl (C=O) groups excluding carboxylic acids is 2. The molecule has 4 heterocycles. The predicted octanol–water partition coefficient (Wildman–Crippen LogP) is 3.08. The van der Waals surface area contributed by atoms with Crippen molar-refractivity contribution < 1.29 is 9.59 Å². The Bertz CT molecular complexity index is 1010. The lowest BCUT2D eigenvalue weighted by Crippen LogP contribution is -2.31. The van der Waals surface area contributed by atoms with E-state index in [9.17, 15) is 9.59 Å². The third-order valence-electron chi connectivity index (χ3n) is 4.75. The largest absolute Gasteiger partial charge is 0.365 e. The van der Waals surface area contributed by atoms with Gasteiger partial charge in [-0.15, -0.1) is 11.3 Å². The minimum Gasteiger partial charge on any atom is -0.365 e. The van der Waals surface area contributed by atoms with Crippen molar-refractivity contribution in [1.82, 2.24) is 14.9 Å². The first-order valence-corrected chi connectivity index (χ1v) is 9.28. The summed E-state index contributed by atoms with van der Waals surface area (Å²) in [5, 5.41) is 0.851.